The minimum Gasteiger partial charge on any atom is -0.340 e. The zero-order valence-corrected chi connectivity index (χ0v) is 15.1. The SMILES string of the molecule is CC(N)CC(=O)N1CCN(Cc2ccc(Cl)cc2)CC1.Cl.Cl. The first-order valence-electron chi connectivity index (χ1n) is 7.05. The summed E-state index contributed by atoms with van der Waals surface area (Å²) in [7, 11) is 0. The van der Waals surface area contributed by atoms with Crippen molar-refractivity contribution in [3.8, 4) is 0 Å². The van der Waals surface area contributed by atoms with Gasteiger partial charge in [0.2, 0.25) is 5.91 Å². The molecule has 1 aliphatic heterocycles. The van der Waals surface area contributed by atoms with Crippen LogP contribution in [0, 0.1) is 0 Å². The van der Waals surface area contributed by atoms with Crippen molar-refractivity contribution in [1.29, 1.82) is 0 Å². The number of hydrogen-bond donors (Lipinski definition) is 1. The fourth-order valence-electron chi connectivity index (χ4n) is 2.41. The van der Waals surface area contributed by atoms with E-state index in [0.717, 1.165) is 37.7 Å². The Morgan fingerprint density at radius 1 is 1.18 bits per heavy atom. The maximum atomic E-state index is 11.9. The quantitative estimate of drug-likeness (QED) is 0.888. The Balaban J connectivity index is 0.00000220. The highest BCUT2D eigenvalue weighted by Gasteiger charge is 2.21. The second kappa shape index (κ2) is 10.3. The van der Waals surface area contributed by atoms with Crippen LogP contribution >= 0.6 is 36.4 Å². The Labute approximate surface area is 149 Å². The molecular weight excluding hydrogens is 345 g/mol. The molecule has 1 aromatic rings. The summed E-state index contributed by atoms with van der Waals surface area (Å²) in [5, 5.41) is 0.764. The lowest BCUT2D eigenvalue weighted by atomic mass is 10.2. The summed E-state index contributed by atoms with van der Waals surface area (Å²) >= 11 is 5.88. The number of halogens is 3. The molecule has 1 unspecified atom stereocenters. The Kier molecular flexibility index (Phi) is 10.0. The van der Waals surface area contributed by atoms with Crippen LogP contribution in [0.2, 0.25) is 5.02 Å². The smallest absolute Gasteiger partial charge is 0.224 e. The van der Waals surface area contributed by atoms with Crippen LogP contribution < -0.4 is 5.73 Å². The molecule has 0 radical (unpaired) electrons. The molecule has 0 bridgehead atoms. The van der Waals surface area contributed by atoms with Gasteiger partial charge in [-0.1, -0.05) is 23.7 Å². The Morgan fingerprint density at radius 3 is 2.23 bits per heavy atom. The molecule has 1 aromatic carbocycles. The van der Waals surface area contributed by atoms with Crippen molar-refractivity contribution < 1.29 is 4.79 Å². The molecule has 0 aliphatic carbocycles. The number of nitrogens with two attached hydrogens (primary N) is 1. The van der Waals surface area contributed by atoms with E-state index in [-0.39, 0.29) is 36.8 Å². The summed E-state index contributed by atoms with van der Waals surface area (Å²) in [5.74, 6) is 0.172. The molecule has 1 amide bonds. The van der Waals surface area contributed by atoms with Gasteiger partial charge in [-0.3, -0.25) is 9.69 Å². The van der Waals surface area contributed by atoms with E-state index in [9.17, 15) is 4.79 Å². The van der Waals surface area contributed by atoms with Gasteiger partial charge < -0.3 is 10.6 Å². The van der Waals surface area contributed by atoms with Crippen LogP contribution in [-0.4, -0.2) is 47.9 Å². The van der Waals surface area contributed by atoms with Gasteiger partial charge in [0.1, 0.15) is 0 Å². The number of carbonyl (C=O) groups is 1. The number of hydrogen-bond acceptors (Lipinski definition) is 3. The summed E-state index contributed by atoms with van der Waals surface area (Å²) in [6, 6.07) is 7.87. The summed E-state index contributed by atoms with van der Waals surface area (Å²) < 4.78 is 0. The molecule has 0 aromatic heterocycles. The minimum absolute atomic E-state index is 0. The van der Waals surface area contributed by atoms with E-state index in [1.807, 2.05) is 24.0 Å². The van der Waals surface area contributed by atoms with E-state index in [4.69, 9.17) is 17.3 Å². The zero-order chi connectivity index (χ0) is 14.5. The maximum absolute atomic E-state index is 11.9. The normalized spacial score (nSPS) is 16.4. The average molecular weight is 369 g/mol. The predicted octanol–water partition coefficient (Wildman–Crippen LogP) is 2.57. The summed E-state index contributed by atoms with van der Waals surface area (Å²) in [5.41, 5.74) is 6.93. The first kappa shape index (κ1) is 21.5. The summed E-state index contributed by atoms with van der Waals surface area (Å²) in [6.07, 6.45) is 0.442. The highest BCUT2D eigenvalue weighted by molar-refractivity contribution is 6.30. The third kappa shape index (κ3) is 6.71. The summed E-state index contributed by atoms with van der Waals surface area (Å²) in [6.45, 7) is 6.18. The summed E-state index contributed by atoms with van der Waals surface area (Å²) in [4.78, 5) is 16.2. The average Bonchev–Trinajstić information content (AvgIpc) is 2.41. The Bertz CT molecular complexity index is 446. The third-order valence-corrected chi connectivity index (χ3v) is 3.79. The van der Waals surface area contributed by atoms with E-state index < -0.39 is 0 Å². The van der Waals surface area contributed by atoms with Gasteiger partial charge in [-0.05, 0) is 24.6 Å². The predicted molar refractivity (Wildman–Crippen MR) is 96.1 cm³/mol. The van der Waals surface area contributed by atoms with E-state index in [0.29, 0.717) is 6.42 Å². The molecule has 1 atom stereocenters. The fourth-order valence-corrected chi connectivity index (χ4v) is 2.53. The van der Waals surface area contributed by atoms with Gasteiger partial charge in [-0.25, -0.2) is 0 Å². The standard InChI is InChI=1S/C15H22ClN3O.2ClH/c1-12(17)10-15(20)19-8-6-18(7-9-19)11-13-2-4-14(16)5-3-13;;/h2-5,12H,6-11,17H2,1H3;2*1H. The third-order valence-electron chi connectivity index (χ3n) is 3.54. The second-order valence-corrected chi connectivity index (χ2v) is 5.90. The van der Waals surface area contributed by atoms with Crippen LogP contribution in [0.1, 0.15) is 18.9 Å². The number of piperazine rings is 1. The lowest BCUT2D eigenvalue weighted by molar-refractivity contribution is -0.133. The molecule has 0 saturated carbocycles. The molecule has 2 N–H and O–H groups in total. The molecule has 1 heterocycles. The van der Waals surface area contributed by atoms with Gasteiger partial charge in [-0.2, -0.15) is 0 Å². The van der Waals surface area contributed by atoms with Crippen molar-refractivity contribution in [2.45, 2.75) is 25.9 Å². The van der Waals surface area contributed by atoms with Crippen molar-refractivity contribution in [2.75, 3.05) is 26.2 Å². The fraction of sp³-hybridized carbons (Fsp3) is 0.533. The topological polar surface area (TPSA) is 49.6 Å². The van der Waals surface area contributed by atoms with Crippen molar-refractivity contribution >= 4 is 42.3 Å². The van der Waals surface area contributed by atoms with Gasteiger partial charge in [0.05, 0.1) is 0 Å². The molecule has 126 valence electrons. The number of nitrogens with zero attached hydrogens (tertiary/aromatic N) is 2. The van der Waals surface area contributed by atoms with Crippen molar-refractivity contribution in [1.82, 2.24) is 9.80 Å². The number of carbonyl (C=O) groups excluding carboxylic acids is 1. The van der Waals surface area contributed by atoms with E-state index in [1.54, 1.807) is 0 Å². The molecule has 1 fully saturated rings. The van der Waals surface area contributed by atoms with Crippen LogP contribution in [0.25, 0.3) is 0 Å². The van der Waals surface area contributed by atoms with Crippen LogP contribution in [0.4, 0.5) is 0 Å². The molecular formula is C15H24Cl3N3O. The van der Waals surface area contributed by atoms with Crippen molar-refractivity contribution in [3.05, 3.63) is 34.9 Å². The zero-order valence-electron chi connectivity index (χ0n) is 12.7. The van der Waals surface area contributed by atoms with Gasteiger partial charge in [-0.15, -0.1) is 24.8 Å². The van der Waals surface area contributed by atoms with E-state index in [1.165, 1.54) is 5.56 Å². The Hall–Kier alpha value is -0.520. The second-order valence-electron chi connectivity index (χ2n) is 5.46. The first-order chi connectivity index (χ1) is 9.54. The number of rotatable bonds is 4. The Morgan fingerprint density at radius 2 is 1.73 bits per heavy atom. The monoisotopic (exact) mass is 367 g/mol. The van der Waals surface area contributed by atoms with E-state index >= 15 is 0 Å². The molecule has 7 heteroatoms. The van der Waals surface area contributed by atoms with Crippen LogP contribution in [0.3, 0.4) is 0 Å². The molecule has 0 spiro atoms. The van der Waals surface area contributed by atoms with Crippen LogP contribution in [0.15, 0.2) is 24.3 Å². The van der Waals surface area contributed by atoms with Gasteiger partial charge >= 0.3 is 0 Å². The molecule has 4 nitrogen and oxygen atoms in total. The highest BCUT2D eigenvalue weighted by Crippen LogP contribution is 2.13. The van der Waals surface area contributed by atoms with Gasteiger partial charge in [0.15, 0.2) is 0 Å². The molecule has 1 aliphatic rings. The van der Waals surface area contributed by atoms with Crippen LogP contribution in [-0.2, 0) is 11.3 Å². The molecule has 22 heavy (non-hydrogen) atoms. The molecule has 1 saturated heterocycles. The van der Waals surface area contributed by atoms with Crippen LogP contribution in [0.5, 0.6) is 0 Å². The number of benzene rings is 1. The van der Waals surface area contributed by atoms with E-state index in [2.05, 4.69) is 17.0 Å². The molecule has 2 rings (SSSR count). The first-order valence-corrected chi connectivity index (χ1v) is 7.42. The van der Waals surface area contributed by atoms with Crippen molar-refractivity contribution in [2.24, 2.45) is 5.73 Å². The minimum atomic E-state index is -0.0606. The van der Waals surface area contributed by atoms with Gasteiger partial charge in [0, 0.05) is 50.2 Å². The lowest BCUT2D eigenvalue weighted by Gasteiger charge is -2.35. The van der Waals surface area contributed by atoms with Gasteiger partial charge in [0.25, 0.3) is 0 Å². The maximum Gasteiger partial charge on any atom is 0.224 e. The largest absolute Gasteiger partial charge is 0.340 e. The lowest BCUT2D eigenvalue weighted by Crippen LogP contribution is -2.49. The van der Waals surface area contributed by atoms with Crippen molar-refractivity contribution in [3.63, 3.8) is 0 Å². The highest BCUT2D eigenvalue weighted by atomic mass is 35.5. The number of amides is 1.